The lowest BCUT2D eigenvalue weighted by Gasteiger charge is -2.09. The van der Waals surface area contributed by atoms with Gasteiger partial charge in [0.2, 0.25) is 0 Å². The van der Waals surface area contributed by atoms with Gasteiger partial charge in [-0.15, -0.1) is 0 Å². The average Bonchev–Trinajstić information content (AvgIpc) is 2.17. The molecule has 0 heterocycles. The minimum absolute atomic E-state index is 0.606. The number of aryl methyl sites for hydroxylation is 1. The Morgan fingerprint density at radius 2 is 2.21 bits per heavy atom. The van der Waals surface area contributed by atoms with Crippen molar-refractivity contribution in [2.24, 2.45) is 0 Å². The Kier molecular flexibility index (Phi) is 4.99. The summed E-state index contributed by atoms with van der Waals surface area (Å²) < 4.78 is 0. The van der Waals surface area contributed by atoms with Crippen LogP contribution in [-0.4, -0.2) is 13.1 Å². The predicted molar refractivity (Wildman–Crippen MR) is 62.9 cm³/mol. The molecule has 0 aromatic heterocycles. The lowest BCUT2D eigenvalue weighted by Crippen LogP contribution is -2.20. The van der Waals surface area contributed by atoms with Crippen LogP contribution in [-0.2, 0) is 6.42 Å². The number of hydrogen-bond donors (Lipinski definition) is 1. The van der Waals surface area contributed by atoms with E-state index in [0.29, 0.717) is 6.04 Å². The van der Waals surface area contributed by atoms with E-state index in [9.17, 15) is 0 Å². The van der Waals surface area contributed by atoms with Crippen molar-refractivity contribution in [3.8, 4) is 0 Å². The van der Waals surface area contributed by atoms with Crippen LogP contribution in [0, 0.1) is 0 Å². The van der Waals surface area contributed by atoms with Gasteiger partial charge in [-0.3, -0.25) is 0 Å². The summed E-state index contributed by atoms with van der Waals surface area (Å²) in [5, 5.41) is 4.07. The molecule has 1 rings (SSSR count). The molecule has 0 aliphatic carbocycles. The van der Waals surface area contributed by atoms with E-state index in [1.54, 1.807) is 0 Å². The van der Waals surface area contributed by atoms with Crippen LogP contribution < -0.4 is 5.32 Å². The zero-order chi connectivity index (χ0) is 10.4. The molecule has 0 fully saturated rings. The van der Waals surface area contributed by atoms with Gasteiger partial charge in [0.25, 0.3) is 0 Å². The molecule has 0 aliphatic rings. The second kappa shape index (κ2) is 6.05. The van der Waals surface area contributed by atoms with Gasteiger partial charge in [0.1, 0.15) is 0 Å². The first kappa shape index (κ1) is 11.5. The molecule has 1 unspecified atom stereocenters. The van der Waals surface area contributed by atoms with Gasteiger partial charge in [-0.05, 0) is 50.9 Å². The number of hydrogen-bond acceptors (Lipinski definition) is 1. The lowest BCUT2D eigenvalue weighted by molar-refractivity contribution is 0.542. The zero-order valence-corrected chi connectivity index (χ0v) is 9.64. The maximum absolute atomic E-state index is 5.90. The largest absolute Gasteiger partial charge is 0.317 e. The zero-order valence-electron chi connectivity index (χ0n) is 8.89. The molecule has 0 amide bonds. The molecular formula is C12H18ClN. The average molecular weight is 212 g/mol. The first-order chi connectivity index (χ1) is 6.72. The standard InChI is InChI=1S/C12H18ClN/c1-10(14-2)5-3-6-11-7-4-8-12(13)9-11/h4,7-10,14H,3,5-6H2,1-2H3. The Morgan fingerprint density at radius 3 is 2.86 bits per heavy atom. The smallest absolute Gasteiger partial charge is 0.0408 e. The Labute approximate surface area is 91.5 Å². The Morgan fingerprint density at radius 1 is 1.43 bits per heavy atom. The fraction of sp³-hybridized carbons (Fsp3) is 0.500. The summed E-state index contributed by atoms with van der Waals surface area (Å²) in [5.41, 5.74) is 1.33. The molecule has 0 bridgehead atoms. The molecule has 2 heteroatoms. The van der Waals surface area contributed by atoms with Crippen LogP contribution in [0.1, 0.15) is 25.3 Å². The molecular weight excluding hydrogens is 194 g/mol. The number of rotatable bonds is 5. The van der Waals surface area contributed by atoms with Crippen LogP contribution in [0.5, 0.6) is 0 Å². The molecule has 1 aromatic carbocycles. The minimum Gasteiger partial charge on any atom is -0.317 e. The Balaban J connectivity index is 2.31. The van der Waals surface area contributed by atoms with Gasteiger partial charge in [-0.25, -0.2) is 0 Å². The molecule has 0 saturated carbocycles. The quantitative estimate of drug-likeness (QED) is 0.789. The van der Waals surface area contributed by atoms with Crippen molar-refractivity contribution >= 4 is 11.6 Å². The highest BCUT2D eigenvalue weighted by Crippen LogP contribution is 2.13. The molecule has 1 atom stereocenters. The van der Waals surface area contributed by atoms with Gasteiger partial charge in [-0.2, -0.15) is 0 Å². The van der Waals surface area contributed by atoms with Crippen LogP contribution in [0.25, 0.3) is 0 Å². The predicted octanol–water partition coefficient (Wildman–Crippen LogP) is 3.27. The van der Waals surface area contributed by atoms with E-state index in [4.69, 9.17) is 11.6 Å². The van der Waals surface area contributed by atoms with Crippen molar-refractivity contribution in [3.63, 3.8) is 0 Å². The van der Waals surface area contributed by atoms with Gasteiger partial charge in [0.15, 0.2) is 0 Å². The van der Waals surface area contributed by atoms with Crippen LogP contribution in [0.3, 0.4) is 0 Å². The third-order valence-electron chi connectivity index (χ3n) is 2.48. The molecule has 0 saturated heterocycles. The van der Waals surface area contributed by atoms with Crippen LogP contribution in [0.15, 0.2) is 24.3 Å². The molecule has 0 radical (unpaired) electrons. The van der Waals surface area contributed by atoms with Crippen molar-refractivity contribution in [1.82, 2.24) is 5.32 Å². The van der Waals surface area contributed by atoms with Crippen LogP contribution in [0.2, 0.25) is 5.02 Å². The van der Waals surface area contributed by atoms with Crippen LogP contribution in [0.4, 0.5) is 0 Å². The molecule has 1 nitrogen and oxygen atoms in total. The Bertz CT molecular complexity index is 273. The van der Waals surface area contributed by atoms with Crippen molar-refractivity contribution in [2.45, 2.75) is 32.2 Å². The lowest BCUT2D eigenvalue weighted by atomic mass is 10.1. The summed E-state index contributed by atoms with van der Waals surface area (Å²) >= 11 is 5.90. The van der Waals surface area contributed by atoms with E-state index in [-0.39, 0.29) is 0 Å². The van der Waals surface area contributed by atoms with E-state index in [0.717, 1.165) is 11.4 Å². The summed E-state index contributed by atoms with van der Waals surface area (Å²) in [6.07, 6.45) is 3.54. The first-order valence-corrected chi connectivity index (χ1v) is 5.52. The van der Waals surface area contributed by atoms with E-state index < -0.39 is 0 Å². The third kappa shape index (κ3) is 4.12. The fourth-order valence-electron chi connectivity index (χ4n) is 1.45. The maximum atomic E-state index is 5.90. The van der Waals surface area contributed by atoms with Crippen molar-refractivity contribution in [1.29, 1.82) is 0 Å². The van der Waals surface area contributed by atoms with Crippen molar-refractivity contribution < 1.29 is 0 Å². The molecule has 0 spiro atoms. The van der Waals surface area contributed by atoms with E-state index in [2.05, 4.69) is 18.3 Å². The fourth-order valence-corrected chi connectivity index (χ4v) is 1.66. The number of benzene rings is 1. The third-order valence-corrected chi connectivity index (χ3v) is 2.72. The van der Waals surface area contributed by atoms with E-state index in [1.165, 1.54) is 18.4 Å². The summed E-state index contributed by atoms with van der Waals surface area (Å²) in [6, 6.07) is 8.72. The minimum atomic E-state index is 0.606. The topological polar surface area (TPSA) is 12.0 Å². The van der Waals surface area contributed by atoms with Crippen molar-refractivity contribution in [2.75, 3.05) is 7.05 Å². The Hall–Kier alpha value is -0.530. The number of nitrogens with one attached hydrogen (secondary N) is 1. The highest BCUT2D eigenvalue weighted by atomic mass is 35.5. The summed E-state index contributed by atoms with van der Waals surface area (Å²) in [5.74, 6) is 0. The van der Waals surface area contributed by atoms with Gasteiger partial charge >= 0.3 is 0 Å². The molecule has 14 heavy (non-hydrogen) atoms. The summed E-state index contributed by atoms with van der Waals surface area (Å²) in [7, 11) is 2.00. The van der Waals surface area contributed by atoms with Gasteiger partial charge < -0.3 is 5.32 Å². The SMILES string of the molecule is CNC(C)CCCc1cccc(Cl)c1. The molecule has 0 aliphatic heterocycles. The molecule has 1 aromatic rings. The monoisotopic (exact) mass is 211 g/mol. The van der Waals surface area contributed by atoms with Crippen molar-refractivity contribution in [3.05, 3.63) is 34.9 Å². The maximum Gasteiger partial charge on any atom is 0.0408 e. The second-order valence-electron chi connectivity index (χ2n) is 3.71. The summed E-state index contributed by atoms with van der Waals surface area (Å²) in [6.45, 7) is 2.21. The second-order valence-corrected chi connectivity index (χ2v) is 4.15. The highest BCUT2D eigenvalue weighted by molar-refractivity contribution is 6.30. The molecule has 78 valence electrons. The normalized spacial score (nSPS) is 12.8. The van der Waals surface area contributed by atoms with E-state index >= 15 is 0 Å². The van der Waals surface area contributed by atoms with E-state index in [1.807, 2.05) is 25.2 Å². The van der Waals surface area contributed by atoms with Gasteiger partial charge in [-0.1, -0.05) is 23.7 Å². The van der Waals surface area contributed by atoms with Crippen LogP contribution >= 0.6 is 11.6 Å². The molecule has 1 N–H and O–H groups in total. The first-order valence-electron chi connectivity index (χ1n) is 5.14. The highest BCUT2D eigenvalue weighted by Gasteiger charge is 1.99. The summed E-state index contributed by atoms with van der Waals surface area (Å²) in [4.78, 5) is 0. The number of halogens is 1. The van der Waals surface area contributed by atoms with Gasteiger partial charge in [0, 0.05) is 11.1 Å². The van der Waals surface area contributed by atoms with Gasteiger partial charge in [0.05, 0.1) is 0 Å².